The largest absolute Gasteiger partial charge is 0.337 e. The molecule has 3 heterocycles. The summed E-state index contributed by atoms with van der Waals surface area (Å²) in [5.41, 5.74) is 0.934. The second kappa shape index (κ2) is 8.85. The van der Waals surface area contributed by atoms with Crippen LogP contribution in [0.1, 0.15) is 51.0 Å². The number of aromatic nitrogens is 2. The molecular formula is C20H27ClN4O2. The molecule has 6 nitrogen and oxygen atoms in total. The van der Waals surface area contributed by atoms with Gasteiger partial charge in [-0.25, -0.2) is 0 Å². The molecule has 0 radical (unpaired) electrons. The SMILES string of the molecule is C[C@H]1C[C@@H](C(=O)N2CCCCC2c2nc(-c3ccccc3)no2)CCN1.Cl. The lowest BCUT2D eigenvalue weighted by Gasteiger charge is -2.37. The molecule has 1 unspecified atom stereocenters. The molecule has 2 aliphatic rings. The number of amides is 1. The summed E-state index contributed by atoms with van der Waals surface area (Å²) in [4.78, 5) is 19.8. The summed E-state index contributed by atoms with van der Waals surface area (Å²) in [5.74, 6) is 1.51. The van der Waals surface area contributed by atoms with Gasteiger partial charge in [0.05, 0.1) is 0 Å². The van der Waals surface area contributed by atoms with Gasteiger partial charge in [-0.2, -0.15) is 4.98 Å². The van der Waals surface area contributed by atoms with Crippen LogP contribution in [0.3, 0.4) is 0 Å². The van der Waals surface area contributed by atoms with E-state index in [4.69, 9.17) is 4.52 Å². The highest BCUT2D eigenvalue weighted by atomic mass is 35.5. The first-order valence-corrected chi connectivity index (χ1v) is 9.65. The summed E-state index contributed by atoms with van der Waals surface area (Å²) < 4.78 is 5.58. The van der Waals surface area contributed by atoms with Gasteiger partial charge in [0.1, 0.15) is 6.04 Å². The highest BCUT2D eigenvalue weighted by Gasteiger charge is 2.36. The van der Waals surface area contributed by atoms with Crippen molar-refractivity contribution in [2.75, 3.05) is 13.1 Å². The molecule has 1 amide bonds. The van der Waals surface area contributed by atoms with Crippen molar-refractivity contribution in [1.82, 2.24) is 20.4 Å². The monoisotopic (exact) mass is 390 g/mol. The van der Waals surface area contributed by atoms with Gasteiger partial charge >= 0.3 is 0 Å². The highest BCUT2D eigenvalue weighted by Crippen LogP contribution is 2.33. The molecule has 1 aromatic heterocycles. The topological polar surface area (TPSA) is 71.3 Å². The van der Waals surface area contributed by atoms with Gasteiger partial charge in [0.25, 0.3) is 0 Å². The molecule has 2 fully saturated rings. The fraction of sp³-hybridized carbons (Fsp3) is 0.550. The van der Waals surface area contributed by atoms with E-state index in [0.29, 0.717) is 17.8 Å². The predicted octanol–water partition coefficient (Wildman–Crippen LogP) is 3.60. The van der Waals surface area contributed by atoms with Crippen molar-refractivity contribution in [1.29, 1.82) is 0 Å². The smallest absolute Gasteiger partial charge is 0.249 e. The van der Waals surface area contributed by atoms with Crippen LogP contribution in [0, 0.1) is 5.92 Å². The number of piperidine rings is 2. The average Bonchev–Trinajstić information content (AvgIpc) is 3.18. The van der Waals surface area contributed by atoms with Crippen LogP contribution >= 0.6 is 12.4 Å². The minimum atomic E-state index is -0.0913. The van der Waals surface area contributed by atoms with Crippen LogP contribution in [0.25, 0.3) is 11.4 Å². The molecule has 0 bridgehead atoms. The third-order valence-electron chi connectivity index (χ3n) is 5.52. The van der Waals surface area contributed by atoms with E-state index in [1.807, 2.05) is 35.2 Å². The Bertz CT molecular complexity index is 751. The predicted molar refractivity (Wildman–Crippen MR) is 105 cm³/mol. The molecule has 2 aromatic rings. The van der Waals surface area contributed by atoms with Crippen LogP contribution in [-0.2, 0) is 4.79 Å². The lowest BCUT2D eigenvalue weighted by atomic mass is 9.90. The van der Waals surface area contributed by atoms with E-state index in [9.17, 15) is 4.79 Å². The average molecular weight is 391 g/mol. The van der Waals surface area contributed by atoms with Crippen molar-refractivity contribution in [3.8, 4) is 11.4 Å². The quantitative estimate of drug-likeness (QED) is 0.866. The number of hydrogen-bond donors (Lipinski definition) is 1. The van der Waals surface area contributed by atoms with E-state index in [0.717, 1.165) is 50.8 Å². The van der Waals surface area contributed by atoms with Crippen molar-refractivity contribution in [2.45, 2.75) is 51.1 Å². The van der Waals surface area contributed by atoms with Crippen LogP contribution in [-0.4, -0.2) is 40.1 Å². The van der Waals surface area contributed by atoms with Crippen molar-refractivity contribution in [2.24, 2.45) is 5.92 Å². The summed E-state index contributed by atoms with van der Waals surface area (Å²) in [6, 6.07) is 10.1. The molecule has 2 saturated heterocycles. The maximum absolute atomic E-state index is 13.2. The third kappa shape index (κ3) is 4.33. The third-order valence-corrected chi connectivity index (χ3v) is 5.52. The Labute approximate surface area is 166 Å². The number of benzene rings is 1. The first-order valence-electron chi connectivity index (χ1n) is 9.65. The summed E-state index contributed by atoms with van der Waals surface area (Å²) >= 11 is 0. The zero-order valence-corrected chi connectivity index (χ0v) is 16.5. The molecule has 3 atom stereocenters. The van der Waals surface area contributed by atoms with Gasteiger partial charge in [-0.3, -0.25) is 4.79 Å². The molecule has 0 saturated carbocycles. The number of rotatable bonds is 3. The molecule has 1 aromatic carbocycles. The molecule has 4 rings (SSSR count). The van der Waals surface area contributed by atoms with E-state index < -0.39 is 0 Å². The number of likely N-dealkylation sites (tertiary alicyclic amines) is 1. The number of carbonyl (C=O) groups is 1. The van der Waals surface area contributed by atoms with Crippen LogP contribution < -0.4 is 5.32 Å². The van der Waals surface area contributed by atoms with Gasteiger partial charge in [0.15, 0.2) is 0 Å². The number of hydrogen-bond acceptors (Lipinski definition) is 5. The molecular weight excluding hydrogens is 364 g/mol. The number of nitrogens with zero attached hydrogens (tertiary/aromatic N) is 3. The molecule has 0 spiro atoms. The maximum Gasteiger partial charge on any atom is 0.249 e. The Morgan fingerprint density at radius 3 is 2.81 bits per heavy atom. The maximum atomic E-state index is 13.2. The lowest BCUT2D eigenvalue weighted by molar-refractivity contribution is -0.141. The van der Waals surface area contributed by atoms with Crippen molar-refractivity contribution in [3.05, 3.63) is 36.2 Å². The Kier molecular flexibility index (Phi) is 6.50. The molecule has 146 valence electrons. The highest BCUT2D eigenvalue weighted by molar-refractivity contribution is 5.85. The molecule has 7 heteroatoms. The minimum absolute atomic E-state index is 0. The molecule has 27 heavy (non-hydrogen) atoms. The van der Waals surface area contributed by atoms with Crippen LogP contribution in [0.4, 0.5) is 0 Å². The second-order valence-corrected chi connectivity index (χ2v) is 7.44. The first-order chi connectivity index (χ1) is 12.7. The van der Waals surface area contributed by atoms with E-state index >= 15 is 0 Å². The van der Waals surface area contributed by atoms with Crippen molar-refractivity contribution in [3.63, 3.8) is 0 Å². The second-order valence-electron chi connectivity index (χ2n) is 7.44. The van der Waals surface area contributed by atoms with Crippen LogP contribution in [0.2, 0.25) is 0 Å². The fourth-order valence-electron chi connectivity index (χ4n) is 4.12. The van der Waals surface area contributed by atoms with Crippen LogP contribution in [0.15, 0.2) is 34.9 Å². The Hall–Kier alpha value is -1.92. The fourth-order valence-corrected chi connectivity index (χ4v) is 4.12. The summed E-state index contributed by atoms with van der Waals surface area (Å²) in [6.07, 6.45) is 4.83. The zero-order chi connectivity index (χ0) is 17.9. The minimum Gasteiger partial charge on any atom is -0.337 e. The zero-order valence-electron chi connectivity index (χ0n) is 15.6. The van der Waals surface area contributed by atoms with Gasteiger partial charge in [0, 0.05) is 24.1 Å². The summed E-state index contributed by atoms with van der Waals surface area (Å²) in [7, 11) is 0. The van der Waals surface area contributed by atoms with Crippen molar-refractivity contribution < 1.29 is 9.32 Å². The van der Waals surface area contributed by atoms with Crippen molar-refractivity contribution >= 4 is 18.3 Å². The number of nitrogens with one attached hydrogen (secondary N) is 1. The van der Waals surface area contributed by atoms with Gasteiger partial charge in [-0.1, -0.05) is 35.5 Å². The normalized spacial score (nSPS) is 25.7. The number of halogens is 1. The Morgan fingerprint density at radius 2 is 2.04 bits per heavy atom. The van der Waals surface area contributed by atoms with Gasteiger partial charge < -0.3 is 14.7 Å². The molecule has 1 N–H and O–H groups in total. The van der Waals surface area contributed by atoms with E-state index in [1.54, 1.807) is 0 Å². The van der Waals surface area contributed by atoms with E-state index in [-0.39, 0.29) is 30.3 Å². The number of carbonyl (C=O) groups excluding carboxylic acids is 1. The first kappa shape index (κ1) is 19.8. The summed E-state index contributed by atoms with van der Waals surface area (Å²) in [5, 5.41) is 7.57. The van der Waals surface area contributed by atoms with Crippen LogP contribution in [0.5, 0.6) is 0 Å². The van der Waals surface area contributed by atoms with Gasteiger partial charge in [-0.15, -0.1) is 12.4 Å². The van der Waals surface area contributed by atoms with E-state index in [2.05, 4.69) is 22.4 Å². The standard InChI is InChI=1S/C20H26N4O2.ClH/c1-14-13-16(10-11-21-14)20(25)24-12-6-5-9-17(24)19-22-18(23-26-19)15-7-3-2-4-8-15;/h2-4,7-8,14,16-17,21H,5-6,9-13H2,1H3;1H/t14-,16-,17?;/m0./s1. The lowest BCUT2D eigenvalue weighted by Crippen LogP contribution is -2.46. The summed E-state index contributed by atoms with van der Waals surface area (Å²) in [6.45, 7) is 3.84. The Balaban J connectivity index is 0.00000210. The van der Waals surface area contributed by atoms with Gasteiger partial charge in [0.2, 0.25) is 17.6 Å². The molecule has 0 aliphatic carbocycles. The van der Waals surface area contributed by atoms with E-state index in [1.165, 1.54) is 0 Å². The Morgan fingerprint density at radius 1 is 1.22 bits per heavy atom. The molecule has 2 aliphatic heterocycles. The van der Waals surface area contributed by atoms with Gasteiger partial charge in [-0.05, 0) is 45.6 Å².